The van der Waals surface area contributed by atoms with E-state index in [0.717, 1.165) is 28.0 Å². The van der Waals surface area contributed by atoms with Crippen LogP contribution >= 0.6 is 11.3 Å². The van der Waals surface area contributed by atoms with Crippen molar-refractivity contribution in [2.45, 2.75) is 13.1 Å². The number of ether oxygens (including phenoxy) is 1. The Morgan fingerprint density at radius 3 is 2.36 bits per heavy atom. The lowest BCUT2D eigenvalue weighted by Gasteiger charge is -2.14. The highest BCUT2D eigenvalue weighted by atomic mass is 32.1. The quantitative estimate of drug-likeness (QED) is 0.328. The minimum Gasteiger partial charge on any atom is -0.480 e. The van der Waals surface area contributed by atoms with Crippen LogP contribution in [-0.4, -0.2) is 50.4 Å². The minimum absolute atomic E-state index is 0.0652. The topological polar surface area (TPSA) is 121 Å². The van der Waals surface area contributed by atoms with E-state index in [1.807, 2.05) is 19.0 Å². The van der Waals surface area contributed by atoms with E-state index in [2.05, 4.69) is 15.2 Å². The summed E-state index contributed by atoms with van der Waals surface area (Å²) in [5, 5.41) is 8.08. The Labute approximate surface area is 224 Å². The third-order valence-corrected chi connectivity index (χ3v) is 7.29. The molecule has 13 heteroatoms. The molecule has 0 atom stereocenters. The molecule has 39 heavy (non-hydrogen) atoms. The van der Waals surface area contributed by atoms with Crippen LogP contribution in [0.5, 0.6) is 5.88 Å². The maximum atomic E-state index is 14.7. The van der Waals surface area contributed by atoms with Crippen LogP contribution < -0.4 is 21.7 Å². The molecule has 0 unspecified atom stereocenters. The van der Waals surface area contributed by atoms with Crippen LogP contribution in [0.1, 0.15) is 11.1 Å². The van der Waals surface area contributed by atoms with Gasteiger partial charge in [0.15, 0.2) is 5.82 Å². The van der Waals surface area contributed by atoms with Crippen molar-refractivity contribution in [2.24, 2.45) is 0 Å². The lowest BCUT2D eigenvalue weighted by atomic mass is 10.1. The second kappa shape index (κ2) is 10.3. The molecule has 0 spiro atoms. The number of fused-ring (bicyclic) bond motifs is 1. The maximum Gasteiger partial charge on any atom is 0.338 e. The van der Waals surface area contributed by atoms with Crippen molar-refractivity contribution in [2.75, 3.05) is 26.9 Å². The van der Waals surface area contributed by atoms with Crippen molar-refractivity contribution < 1.29 is 13.5 Å². The molecule has 4 aromatic heterocycles. The van der Waals surface area contributed by atoms with Gasteiger partial charge in [0.25, 0.3) is 5.56 Å². The van der Waals surface area contributed by atoms with Gasteiger partial charge in [-0.1, -0.05) is 6.07 Å². The number of thiophene rings is 1. The van der Waals surface area contributed by atoms with Gasteiger partial charge < -0.3 is 15.4 Å². The molecule has 5 aromatic rings. The number of nitrogens with two attached hydrogens (primary N) is 1. The molecule has 5 rings (SSSR count). The minimum atomic E-state index is -0.830. The van der Waals surface area contributed by atoms with Gasteiger partial charge in [-0.05, 0) is 44.4 Å². The number of rotatable bonds is 7. The Kier molecular flexibility index (Phi) is 6.93. The Balaban J connectivity index is 1.89. The average Bonchev–Trinajstić information content (AvgIpc) is 3.27. The largest absolute Gasteiger partial charge is 0.480 e. The zero-order valence-electron chi connectivity index (χ0n) is 21.2. The van der Waals surface area contributed by atoms with Crippen LogP contribution in [0, 0.1) is 11.6 Å². The number of anilines is 1. The molecule has 0 radical (unpaired) electrons. The molecule has 10 nitrogen and oxygen atoms in total. The Hall–Kier alpha value is -4.49. The maximum absolute atomic E-state index is 14.7. The SMILES string of the molecule is COc1ccc(-n2c(=O)c3c(CN(C)C)c(-c4ccc(N)cn4)sc3n(Cc3c(F)cccc3F)c2=O)nn1. The van der Waals surface area contributed by atoms with Gasteiger partial charge in [-0.2, -0.15) is 0 Å². The summed E-state index contributed by atoms with van der Waals surface area (Å²) in [6.45, 7) is -0.147. The molecule has 0 aliphatic carbocycles. The highest BCUT2D eigenvalue weighted by Gasteiger charge is 2.26. The van der Waals surface area contributed by atoms with Gasteiger partial charge in [-0.15, -0.1) is 21.5 Å². The van der Waals surface area contributed by atoms with E-state index < -0.39 is 29.4 Å². The number of hydrogen-bond donors (Lipinski definition) is 1. The fourth-order valence-corrected chi connectivity index (χ4v) is 5.48. The van der Waals surface area contributed by atoms with Crippen LogP contribution in [0.4, 0.5) is 14.5 Å². The van der Waals surface area contributed by atoms with Crippen molar-refractivity contribution in [3.8, 4) is 22.3 Å². The summed E-state index contributed by atoms with van der Waals surface area (Å²) in [5.74, 6) is -1.52. The summed E-state index contributed by atoms with van der Waals surface area (Å²) in [6, 6.07) is 9.73. The van der Waals surface area contributed by atoms with Crippen molar-refractivity contribution >= 4 is 27.2 Å². The monoisotopic (exact) mass is 551 g/mol. The first-order chi connectivity index (χ1) is 18.7. The van der Waals surface area contributed by atoms with Crippen molar-refractivity contribution in [3.05, 3.63) is 92.3 Å². The van der Waals surface area contributed by atoms with Gasteiger partial charge in [0.2, 0.25) is 5.88 Å². The van der Waals surface area contributed by atoms with Gasteiger partial charge in [0, 0.05) is 23.7 Å². The normalized spacial score (nSPS) is 11.4. The van der Waals surface area contributed by atoms with Crippen LogP contribution in [0.3, 0.4) is 0 Å². The second-order valence-corrected chi connectivity index (χ2v) is 9.95. The molecular weight excluding hydrogens is 528 g/mol. The number of nitrogen functional groups attached to an aromatic ring is 1. The summed E-state index contributed by atoms with van der Waals surface area (Å²) in [7, 11) is 5.08. The molecule has 0 saturated heterocycles. The fourth-order valence-electron chi connectivity index (χ4n) is 4.21. The van der Waals surface area contributed by atoms with E-state index in [4.69, 9.17) is 10.5 Å². The van der Waals surface area contributed by atoms with Gasteiger partial charge in [0.05, 0.1) is 41.5 Å². The van der Waals surface area contributed by atoms with E-state index in [9.17, 15) is 18.4 Å². The Bertz CT molecular complexity index is 1780. The van der Waals surface area contributed by atoms with Gasteiger partial charge in [-0.25, -0.2) is 18.1 Å². The number of hydrogen-bond acceptors (Lipinski definition) is 9. The third kappa shape index (κ3) is 4.77. The number of pyridine rings is 1. The zero-order chi connectivity index (χ0) is 27.8. The zero-order valence-corrected chi connectivity index (χ0v) is 22.0. The standard InChI is InChI=1S/C26H23F2N7O3S/c1-33(2)12-16-22-24(36)35(20-9-10-21(38-3)32-31-20)26(37)34(13-15-17(27)5-4-6-18(15)28)25(22)39-23(16)19-8-7-14(29)11-30-19/h4-11H,12-13,29H2,1-3H3. The highest BCUT2D eigenvalue weighted by molar-refractivity contribution is 7.22. The predicted octanol–water partition coefficient (Wildman–Crippen LogP) is 3.04. The average molecular weight is 552 g/mol. The highest BCUT2D eigenvalue weighted by Crippen LogP contribution is 2.37. The molecule has 200 valence electrons. The summed E-state index contributed by atoms with van der Waals surface area (Å²) in [4.78, 5) is 35.0. The number of nitrogens with zero attached hydrogens (tertiary/aromatic N) is 6. The number of methoxy groups -OCH3 is 1. The predicted molar refractivity (Wildman–Crippen MR) is 144 cm³/mol. The van der Waals surface area contributed by atoms with E-state index in [1.165, 1.54) is 36.1 Å². The number of benzene rings is 1. The number of aromatic nitrogens is 5. The Morgan fingerprint density at radius 1 is 1.03 bits per heavy atom. The second-order valence-electron chi connectivity index (χ2n) is 8.95. The smallest absolute Gasteiger partial charge is 0.338 e. The summed E-state index contributed by atoms with van der Waals surface area (Å²) < 4.78 is 36.5. The summed E-state index contributed by atoms with van der Waals surface area (Å²) in [6.07, 6.45) is 1.49. The van der Waals surface area contributed by atoms with E-state index >= 15 is 0 Å². The molecule has 0 aliphatic rings. The first-order valence-corrected chi connectivity index (χ1v) is 12.5. The van der Waals surface area contributed by atoms with Gasteiger partial charge in [-0.3, -0.25) is 14.3 Å². The van der Waals surface area contributed by atoms with Crippen molar-refractivity contribution in [3.63, 3.8) is 0 Å². The first-order valence-electron chi connectivity index (χ1n) is 11.7. The van der Waals surface area contributed by atoms with Crippen LogP contribution in [-0.2, 0) is 13.1 Å². The fraction of sp³-hybridized carbons (Fsp3) is 0.192. The molecule has 1 aromatic carbocycles. The van der Waals surface area contributed by atoms with E-state index in [0.29, 0.717) is 28.4 Å². The molecule has 4 heterocycles. The lowest BCUT2D eigenvalue weighted by molar-refractivity contribution is 0.391. The first kappa shape index (κ1) is 26.1. The lowest BCUT2D eigenvalue weighted by Crippen LogP contribution is -2.39. The molecule has 0 aliphatic heterocycles. The number of halogens is 2. The molecule has 0 saturated carbocycles. The molecule has 0 fully saturated rings. The van der Waals surface area contributed by atoms with Crippen LogP contribution in [0.2, 0.25) is 0 Å². The Morgan fingerprint density at radius 2 is 1.77 bits per heavy atom. The van der Waals surface area contributed by atoms with E-state index in [1.54, 1.807) is 12.1 Å². The molecular formula is C26H23F2N7O3S. The summed E-state index contributed by atoms with van der Waals surface area (Å²) >= 11 is 1.14. The van der Waals surface area contributed by atoms with Gasteiger partial charge >= 0.3 is 5.69 Å². The van der Waals surface area contributed by atoms with Gasteiger partial charge in [0.1, 0.15) is 16.5 Å². The summed E-state index contributed by atoms with van der Waals surface area (Å²) in [5.41, 5.74) is 5.63. The third-order valence-electron chi connectivity index (χ3n) is 6.01. The molecule has 0 bridgehead atoms. The van der Waals surface area contributed by atoms with E-state index in [-0.39, 0.29) is 27.5 Å². The van der Waals surface area contributed by atoms with Crippen molar-refractivity contribution in [1.82, 2.24) is 29.2 Å². The van der Waals surface area contributed by atoms with Crippen LogP contribution in [0.15, 0.2) is 58.3 Å². The molecule has 2 N–H and O–H groups in total. The van der Waals surface area contributed by atoms with Crippen molar-refractivity contribution in [1.29, 1.82) is 0 Å². The van der Waals surface area contributed by atoms with Crippen LogP contribution in [0.25, 0.3) is 26.6 Å². The molecule has 0 amide bonds.